The molecular weight excluding hydrogens is 467 g/mol. The van der Waals surface area contributed by atoms with Gasteiger partial charge in [-0.2, -0.15) is 0 Å². The third-order valence-electron chi connectivity index (χ3n) is 6.16. The number of sulfonamides is 1. The van der Waals surface area contributed by atoms with Crippen LogP contribution < -0.4 is 10.0 Å². The molecule has 0 heterocycles. The van der Waals surface area contributed by atoms with Crippen molar-refractivity contribution in [1.29, 1.82) is 0 Å². The van der Waals surface area contributed by atoms with Crippen LogP contribution in [0.3, 0.4) is 0 Å². The lowest BCUT2D eigenvalue weighted by Gasteiger charge is -2.29. The van der Waals surface area contributed by atoms with Crippen LogP contribution in [0.4, 0.5) is 0 Å². The van der Waals surface area contributed by atoms with Crippen molar-refractivity contribution >= 4 is 33.2 Å². The van der Waals surface area contributed by atoms with Crippen molar-refractivity contribution < 1.29 is 13.5 Å². The van der Waals surface area contributed by atoms with Crippen LogP contribution in [0.25, 0.3) is 0 Å². The second-order valence-electron chi connectivity index (χ2n) is 8.75. The van der Waals surface area contributed by atoms with Gasteiger partial charge in [0, 0.05) is 29.2 Å². The molecular formula is C24H32Cl2N2O3S. The first kappa shape index (κ1) is 25.3. The summed E-state index contributed by atoms with van der Waals surface area (Å²) in [6.07, 6.45) is 6.25. The molecule has 32 heavy (non-hydrogen) atoms. The van der Waals surface area contributed by atoms with Crippen molar-refractivity contribution in [3.63, 3.8) is 0 Å². The van der Waals surface area contributed by atoms with E-state index in [0.717, 1.165) is 18.4 Å². The Morgan fingerprint density at radius 1 is 1.09 bits per heavy atom. The van der Waals surface area contributed by atoms with Crippen molar-refractivity contribution in [2.75, 3.05) is 5.75 Å². The summed E-state index contributed by atoms with van der Waals surface area (Å²) in [6, 6.07) is 12.4. The molecule has 1 fully saturated rings. The number of rotatable bonds is 10. The molecule has 3 N–H and O–H groups in total. The lowest BCUT2D eigenvalue weighted by Crippen LogP contribution is -2.45. The minimum atomic E-state index is -3.51. The Morgan fingerprint density at radius 2 is 1.78 bits per heavy atom. The molecule has 5 nitrogen and oxygen atoms in total. The summed E-state index contributed by atoms with van der Waals surface area (Å²) < 4.78 is 29.0. The zero-order chi connectivity index (χ0) is 23.1. The van der Waals surface area contributed by atoms with E-state index in [2.05, 4.69) is 10.0 Å². The Hall–Kier alpha value is -1.31. The molecule has 0 bridgehead atoms. The maximum absolute atomic E-state index is 13.0. The van der Waals surface area contributed by atoms with Gasteiger partial charge < -0.3 is 10.4 Å². The molecule has 1 aliphatic rings. The molecule has 8 heteroatoms. The van der Waals surface area contributed by atoms with Gasteiger partial charge in [0.1, 0.15) is 5.75 Å². The molecule has 0 amide bonds. The number of hydrogen-bond acceptors (Lipinski definition) is 4. The second-order valence-corrected chi connectivity index (χ2v) is 11.4. The Kier molecular flexibility index (Phi) is 9.26. The van der Waals surface area contributed by atoms with E-state index >= 15 is 0 Å². The fourth-order valence-electron chi connectivity index (χ4n) is 4.42. The molecule has 1 saturated carbocycles. The quantitative estimate of drug-likeness (QED) is 0.415. The average Bonchev–Trinajstić information content (AvgIpc) is 2.75. The summed E-state index contributed by atoms with van der Waals surface area (Å²) in [5, 5.41) is 14.1. The lowest BCUT2D eigenvalue weighted by molar-refractivity contribution is 0.302. The zero-order valence-electron chi connectivity index (χ0n) is 18.4. The number of phenolic OH excluding ortho intramolecular Hbond substituents is 1. The molecule has 3 rings (SSSR count). The Labute approximate surface area is 201 Å². The topological polar surface area (TPSA) is 78.4 Å². The summed E-state index contributed by atoms with van der Waals surface area (Å²) in [4.78, 5) is 0. The van der Waals surface area contributed by atoms with Crippen LogP contribution in [0, 0.1) is 5.92 Å². The van der Waals surface area contributed by atoms with Crippen molar-refractivity contribution in [2.24, 2.45) is 5.92 Å². The summed E-state index contributed by atoms with van der Waals surface area (Å²) in [7, 11) is -3.51. The van der Waals surface area contributed by atoms with Crippen LogP contribution in [0.2, 0.25) is 10.0 Å². The van der Waals surface area contributed by atoms with Gasteiger partial charge in [0.05, 0.1) is 10.8 Å². The summed E-state index contributed by atoms with van der Waals surface area (Å²) in [6.45, 7) is 2.22. The van der Waals surface area contributed by atoms with E-state index in [1.807, 2.05) is 37.3 Å². The van der Waals surface area contributed by atoms with E-state index in [4.69, 9.17) is 23.2 Å². The van der Waals surface area contributed by atoms with E-state index in [1.165, 1.54) is 25.3 Å². The van der Waals surface area contributed by atoms with E-state index < -0.39 is 10.0 Å². The summed E-state index contributed by atoms with van der Waals surface area (Å²) in [5.41, 5.74) is 1.57. The summed E-state index contributed by atoms with van der Waals surface area (Å²) >= 11 is 12.1. The number of aromatic hydroxyl groups is 1. The fourth-order valence-corrected chi connectivity index (χ4v) is 6.58. The van der Waals surface area contributed by atoms with Gasteiger partial charge >= 0.3 is 0 Å². The Bertz CT molecular complexity index is 980. The Balaban J connectivity index is 1.70. The van der Waals surface area contributed by atoms with Gasteiger partial charge in [-0.15, -0.1) is 0 Å². The minimum absolute atomic E-state index is 0.0473. The lowest BCUT2D eigenvalue weighted by atomic mass is 9.85. The van der Waals surface area contributed by atoms with Gasteiger partial charge in [-0.05, 0) is 49.8 Å². The molecule has 2 aromatic rings. The third-order valence-corrected chi connectivity index (χ3v) is 8.23. The van der Waals surface area contributed by atoms with Crippen LogP contribution in [0.1, 0.15) is 50.2 Å². The smallest absolute Gasteiger partial charge is 0.213 e. The maximum atomic E-state index is 13.0. The number of benzene rings is 2. The van der Waals surface area contributed by atoms with E-state index in [9.17, 15) is 13.5 Å². The predicted molar refractivity (Wildman–Crippen MR) is 132 cm³/mol. The predicted octanol–water partition coefficient (Wildman–Crippen LogP) is 5.29. The normalized spacial score (nSPS) is 17.2. The van der Waals surface area contributed by atoms with Crippen LogP contribution in [0.15, 0.2) is 42.5 Å². The second kappa shape index (κ2) is 11.7. The highest BCUT2D eigenvalue weighted by molar-refractivity contribution is 7.89. The SMILES string of the molecule is C[C@H](NS(=O)(=O)C[C@H](Cc1ccccc1)NCc1cc(Cl)cc(Cl)c1O)C1CCCCC1. The molecule has 2 atom stereocenters. The first-order valence-corrected chi connectivity index (χ1v) is 13.6. The average molecular weight is 500 g/mol. The van der Waals surface area contributed by atoms with Crippen LogP contribution in [0.5, 0.6) is 5.75 Å². The van der Waals surface area contributed by atoms with Crippen LogP contribution in [-0.4, -0.2) is 31.4 Å². The first-order valence-electron chi connectivity index (χ1n) is 11.2. The molecule has 0 saturated heterocycles. The van der Waals surface area contributed by atoms with Gasteiger partial charge in [0.25, 0.3) is 0 Å². The van der Waals surface area contributed by atoms with Gasteiger partial charge in [0.15, 0.2) is 0 Å². The monoisotopic (exact) mass is 498 g/mol. The zero-order valence-corrected chi connectivity index (χ0v) is 20.7. The van der Waals surface area contributed by atoms with Gasteiger partial charge in [-0.1, -0.05) is 72.8 Å². The summed E-state index contributed by atoms with van der Waals surface area (Å²) in [5.74, 6) is 0.284. The minimum Gasteiger partial charge on any atom is -0.506 e. The molecule has 2 aromatic carbocycles. The number of halogens is 2. The maximum Gasteiger partial charge on any atom is 0.213 e. The van der Waals surface area contributed by atoms with Crippen molar-refractivity contribution in [3.8, 4) is 5.75 Å². The van der Waals surface area contributed by atoms with Gasteiger partial charge in [0.2, 0.25) is 10.0 Å². The standard InChI is InChI=1S/C24H32Cl2N2O3S/c1-17(19-10-6-3-7-11-19)28-32(30,31)16-22(12-18-8-4-2-5-9-18)27-15-20-13-21(25)14-23(26)24(20)29/h2,4-5,8-9,13-14,17,19,22,27-29H,3,6-7,10-12,15-16H2,1H3/t17-,22-/m0/s1. The fraction of sp³-hybridized carbons (Fsp3) is 0.500. The first-order chi connectivity index (χ1) is 15.2. The van der Waals surface area contributed by atoms with E-state index in [-0.39, 0.29) is 35.2 Å². The molecule has 0 spiro atoms. The van der Waals surface area contributed by atoms with E-state index in [0.29, 0.717) is 22.9 Å². The molecule has 0 aliphatic heterocycles. The van der Waals surface area contributed by atoms with Crippen LogP contribution in [-0.2, 0) is 23.0 Å². The molecule has 176 valence electrons. The van der Waals surface area contributed by atoms with Crippen molar-refractivity contribution in [1.82, 2.24) is 10.0 Å². The molecule has 1 aliphatic carbocycles. The highest BCUT2D eigenvalue weighted by Crippen LogP contribution is 2.31. The molecule has 0 aromatic heterocycles. The highest BCUT2D eigenvalue weighted by atomic mass is 35.5. The number of hydrogen-bond donors (Lipinski definition) is 3. The largest absolute Gasteiger partial charge is 0.506 e. The van der Waals surface area contributed by atoms with Crippen LogP contribution >= 0.6 is 23.2 Å². The number of nitrogens with one attached hydrogen (secondary N) is 2. The molecule has 0 radical (unpaired) electrons. The number of phenols is 1. The van der Waals surface area contributed by atoms with Crippen molar-refractivity contribution in [3.05, 3.63) is 63.6 Å². The molecule has 0 unspecified atom stereocenters. The van der Waals surface area contributed by atoms with E-state index in [1.54, 1.807) is 6.07 Å². The highest BCUT2D eigenvalue weighted by Gasteiger charge is 2.26. The van der Waals surface area contributed by atoms with Gasteiger partial charge in [-0.3, -0.25) is 0 Å². The van der Waals surface area contributed by atoms with Crippen molar-refractivity contribution in [2.45, 2.75) is 64.1 Å². The Morgan fingerprint density at radius 3 is 2.47 bits per heavy atom. The van der Waals surface area contributed by atoms with Gasteiger partial charge in [-0.25, -0.2) is 13.1 Å². The third kappa shape index (κ3) is 7.63.